The molecule has 1 aliphatic rings. The Hall–Kier alpha value is -2.97. The predicted molar refractivity (Wildman–Crippen MR) is 95.7 cm³/mol. The van der Waals surface area contributed by atoms with Crippen molar-refractivity contribution in [3.8, 4) is 0 Å². The van der Waals surface area contributed by atoms with E-state index in [0.29, 0.717) is 29.8 Å². The smallest absolute Gasteiger partial charge is 0.356 e. The zero-order valence-corrected chi connectivity index (χ0v) is 15.9. The lowest BCUT2D eigenvalue weighted by atomic mass is 10.0. The Bertz CT molecular complexity index is 927. The average molecular weight is 373 g/mol. The fourth-order valence-electron chi connectivity index (χ4n) is 3.75. The predicted octanol–water partition coefficient (Wildman–Crippen LogP) is 1.66. The number of aromatic nitrogens is 4. The SMILES string of the molecule is CC(=O)c1c(C)nn([C@H](C)CC(=O)N2CCc3[nH]nc(C(=O)O)c3C2)c1C. The van der Waals surface area contributed by atoms with Crippen LogP contribution in [0.1, 0.15) is 69.8 Å². The summed E-state index contributed by atoms with van der Waals surface area (Å²) in [6.45, 7) is 7.75. The molecule has 0 saturated heterocycles. The summed E-state index contributed by atoms with van der Waals surface area (Å²) in [5, 5.41) is 20.2. The standard InChI is InChI=1S/C18H23N5O4/c1-9(23-11(3)16(12(4)24)10(2)21-23)7-15(25)22-6-5-14-13(8-22)17(18(26)27)20-19-14/h9H,5-8H2,1-4H3,(H,19,20)(H,26,27)/t9-/m1/s1. The van der Waals surface area contributed by atoms with Crippen LogP contribution in [0.5, 0.6) is 0 Å². The van der Waals surface area contributed by atoms with Crippen molar-refractivity contribution in [2.75, 3.05) is 6.54 Å². The third-order valence-corrected chi connectivity index (χ3v) is 5.05. The van der Waals surface area contributed by atoms with Crippen LogP contribution in [0, 0.1) is 13.8 Å². The van der Waals surface area contributed by atoms with Crippen LogP contribution in [0.4, 0.5) is 0 Å². The first-order valence-electron chi connectivity index (χ1n) is 8.84. The molecule has 1 amide bonds. The summed E-state index contributed by atoms with van der Waals surface area (Å²) in [6.07, 6.45) is 0.763. The van der Waals surface area contributed by atoms with Crippen molar-refractivity contribution < 1.29 is 19.5 Å². The molecule has 0 fully saturated rings. The minimum absolute atomic E-state index is 0.0276. The van der Waals surface area contributed by atoms with Gasteiger partial charge in [-0.3, -0.25) is 19.4 Å². The number of aromatic amines is 1. The molecule has 9 nitrogen and oxygen atoms in total. The van der Waals surface area contributed by atoms with E-state index in [9.17, 15) is 19.5 Å². The lowest BCUT2D eigenvalue weighted by Gasteiger charge is -2.28. The molecule has 144 valence electrons. The highest BCUT2D eigenvalue weighted by molar-refractivity contribution is 5.96. The first-order valence-corrected chi connectivity index (χ1v) is 8.84. The number of rotatable bonds is 5. The van der Waals surface area contributed by atoms with E-state index in [1.807, 2.05) is 13.8 Å². The van der Waals surface area contributed by atoms with Gasteiger partial charge in [-0.15, -0.1) is 0 Å². The highest BCUT2D eigenvalue weighted by atomic mass is 16.4. The van der Waals surface area contributed by atoms with E-state index in [1.165, 1.54) is 6.92 Å². The zero-order valence-electron chi connectivity index (χ0n) is 15.9. The van der Waals surface area contributed by atoms with Gasteiger partial charge in [0.25, 0.3) is 0 Å². The molecule has 9 heteroatoms. The van der Waals surface area contributed by atoms with Gasteiger partial charge in [-0.05, 0) is 27.7 Å². The number of nitrogens with zero attached hydrogens (tertiary/aromatic N) is 4. The number of aryl methyl sites for hydroxylation is 1. The van der Waals surface area contributed by atoms with Crippen molar-refractivity contribution in [2.45, 2.75) is 53.1 Å². The summed E-state index contributed by atoms with van der Waals surface area (Å²) in [7, 11) is 0. The lowest BCUT2D eigenvalue weighted by Crippen LogP contribution is -2.37. The van der Waals surface area contributed by atoms with Gasteiger partial charge in [-0.25, -0.2) is 4.79 Å². The number of aromatic carboxylic acids is 1. The number of carbonyl (C=O) groups excluding carboxylic acids is 2. The van der Waals surface area contributed by atoms with Gasteiger partial charge in [0.05, 0.1) is 17.3 Å². The fraction of sp³-hybridized carbons (Fsp3) is 0.500. The maximum absolute atomic E-state index is 12.8. The molecule has 0 saturated carbocycles. The van der Waals surface area contributed by atoms with E-state index in [-0.39, 0.29) is 36.4 Å². The number of Topliss-reactive ketones (excluding diaryl/α,β-unsaturated/α-hetero) is 1. The molecule has 2 aromatic heterocycles. The van der Waals surface area contributed by atoms with Crippen molar-refractivity contribution in [1.29, 1.82) is 0 Å². The van der Waals surface area contributed by atoms with Crippen molar-refractivity contribution in [2.24, 2.45) is 0 Å². The molecule has 3 rings (SSSR count). The zero-order chi connectivity index (χ0) is 19.9. The van der Waals surface area contributed by atoms with E-state index < -0.39 is 5.97 Å². The van der Waals surface area contributed by atoms with Crippen LogP contribution in [-0.4, -0.2) is 54.2 Å². The van der Waals surface area contributed by atoms with Crippen LogP contribution in [-0.2, 0) is 17.8 Å². The van der Waals surface area contributed by atoms with Gasteiger partial charge in [-0.1, -0.05) is 0 Å². The summed E-state index contributed by atoms with van der Waals surface area (Å²) >= 11 is 0. The van der Waals surface area contributed by atoms with Crippen LogP contribution in [0.3, 0.4) is 0 Å². The first-order chi connectivity index (χ1) is 12.7. The van der Waals surface area contributed by atoms with Gasteiger partial charge in [0.15, 0.2) is 11.5 Å². The Labute approximate surface area is 156 Å². The molecular formula is C18H23N5O4. The van der Waals surface area contributed by atoms with E-state index in [2.05, 4.69) is 15.3 Å². The van der Waals surface area contributed by atoms with Gasteiger partial charge < -0.3 is 10.0 Å². The molecule has 0 aromatic carbocycles. The minimum atomic E-state index is -1.10. The molecule has 2 aromatic rings. The Kier molecular flexibility index (Phi) is 4.86. The highest BCUT2D eigenvalue weighted by Gasteiger charge is 2.29. The molecule has 0 bridgehead atoms. The van der Waals surface area contributed by atoms with E-state index >= 15 is 0 Å². The number of carboxylic acid groups (broad SMARTS) is 1. The van der Waals surface area contributed by atoms with Gasteiger partial charge in [0, 0.05) is 42.9 Å². The summed E-state index contributed by atoms with van der Waals surface area (Å²) in [6, 6.07) is -0.214. The van der Waals surface area contributed by atoms with Crippen LogP contribution in [0.25, 0.3) is 0 Å². The first kappa shape index (κ1) is 18.8. The quantitative estimate of drug-likeness (QED) is 0.769. The normalized spacial score (nSPS) is 14.7. The van der Waals surface area contributed by atoms with Gasteiger partial charge in [-0.2, -0.15) is 10.2 Å². The number of carboxylic acids is 1. The lowest BCUT2D eigenvalue weighted by molar-refractivity contribution is -0.133. The van der Waals surface area contributed by atoms with E-state index in [4.69, 9.17) is 0 Å². The monoisotopic (exact) mass is 373 g/mol. The number of nitrogens with one attached hydrogen (secondary N) is 1. The molecule has 2 N–H and O–H groups in total. The second-order valence-electron chi connectivity index (χ2n) is 7.00. The van der Waals surface area contributed by atoms with Gasteiger partial charge in [0.1, 0.15) is 0 Å². The van der Waals surface area contributed by atoms with Crippen LogP contribution in [0.15, 0.2) is 0 Å². The number of fused-ring (bicyclic) bond motifs is 1. The van der Waals surface area contributed by atoms with Crippen LogP contribution < -0.4 is 0 Å². The number of hydrogen-bond acceptors (Lipinski definition) is 5. The van der Waals surface area contributed by atoms with Crippen molar-refractivity contribution >= 4 is 17.7 Å². The van der Waals surface area contributed by atoms with Crippen molar-refractivity contribution in [1.82, 2.24) is 24.9 Å². The Morgan fingerprint density at radius 2 is 2.00 bits per heavy atom. The van der Waals surface area contributed by atoms with Crippen molar-refractivity contribution in [3.63, 3.8) is 0 Å². The van der Waals surface area contributed by atoms with Crippen molar-refractivity contribution in [3.05, 3.63) is 33.9 Å². The molecule has 27 heavy (non-hydrogen) atoms. The largest absolute Gasteiger partial charge is 0.476 e. The van der Waals surface area contributed by atoms with Gasteiger partial charge in [0.2, 0.25) is 5.91 Å². The van der Waals surface area contributed by atoms with E-state index in [1.54, 1.807) is 16.5 Å². The Morgan fingerprint density at radius 1 is 1.30 bits per heavy atom. The Balaban J connectivity index is 1.74. The second kappa shape index (κ2) is 6.98. The van der Waals surface area contributed by atoms with Crippen LogP contribution in [0.2, 0.25) is 0 Å². The molecule has 0 aliphatic carbocycles. The summed E-state index contributed by atoms with van der Waals surface area (Å²) < 4.78 is 1.72. The molecule has 0 radical (unpaired) electrons. The molecule has 3 heterocycles. The number of hydrogen-bond donors (Lipinski definition) is 2. The summed E-state index contributed by atoms with van der Waals surface area (Å²) in [5.74, 6) is -1.23. The molecule has 0 spiro atoms. The summed E-state index contributed by atoms with van der Waals surface area (Å²) in [4.78, 5) is 37.5. The molecule has 0 unspecified atom stereocenters. The highest BCUT2D eigenvalue weighted by Crippen LogP contribution is 2.24. The Morgan fingerprint density at radius 3 is 2.59 bits per heavy atom. The molecular weight excluding hydrogens is 350 g/mol. The number of carbonyl (C=O) groups is 3. The maximum Gasteiger partial charge on any atom is 0.356 e. The fourth-order valence-corrected chi connectivity index (χ4v) is 3.75. The van der Waals surface area contributed by atoms with E-state index in [0.717, 1.165) is 11.4 Å². The number of amides is 1. The maximum atomic E-state index is 12.8. The minimum Gasteiger partial charge on any atom is -0.476 e. The molecule has 1 aliphatic heterocycles. The average Bonchev–Trinajstić information content (AvgIpc) is 3.14. The summed E-state index contributed by atoms with van der Waals surface area (Å²) in [5.41, 5.74) is 3.33. The second-order valence-corrected chi connectivity index (χ2v) is 7.00. The number of H-pyrrole nitrogens is 1. The van der Waals surface area contributed by atoms with Crippen LogP contribution >= 0.6 is 0 Å². The molecule has 1 atom stereocenters. The number of ketones is 1. The topological polar surface area (TPSA) is 121 Å². The van der Waals surface area contributed by atoms with Gasteiger partial charge >= 0.3 is 5.97 Å². The third kappa shape index (κ3) is 3.36. The third-order valence-electron chi connectivity index (χ3n) is 5.05.